The van der Waals surface area contributed by atoms with Gasteiger partial charge >= 0.3 is 0 Å². The summed E-state index contributed by atoms with van der Waals surface area (Å²) in [6.07, 6.45) is 0.326. The highest BCUT2D eigenvalue weighted by atomic mass is 35.5. The molecule has 1 rings (SSSR count). The number of benzene rings is 1. The Labute approximate surface area is 98.1 Å². The van der Waals surface area contributed by atoms with Crippen LogP contribution in [0.15, 0.2) is 29.2 Å². The summed E-state index contributed by atoms with van der Waals surface area (Å²) in [4.78, 5) is 9.82. The lowest BCUT2D eigenvalue weighted by Gasteiger charge is -2.02. The van der Waals surface area contributed by atoms with Crippen molar-refractivity contribution in [3.63, 3.8) is 0 Å². The molecule has 7 heteroatoms. The van der Waals surface area contributed by atoms with Crippen molar-refractivity contribution in [3.8, 4) is 0 Å². The number of nitrogens with zero attached hydrogens (tertiary/aromatic N) is 1. The zero-order valence-corrected chi connectivity index (χ0v) is 9.87. The summed E-state index contributed by atoms with van der Waals surface area (Å²) in [7, 11) is -3.47. The van der Waals surface area contributed by atoms with Crippen molar-refractivity contribution >= 4 is 27.1 Å². The van der Waals surface area contributed by atoms with Gasteiger partial charge in [0.25, 0.3) is 5.69 Å². The highest BCUT2D eigenvalue weighted by Gasteiger charge is 2.16. The van der Waals surface area contributed by atoms with E-state index < -0.39 is 14.8 Å². The summed E-state index contributed by atoms with van der Waals surface area (Å²) in [5.74, 6) is 0.145. The van der Waals surface area contributed by atoms with E-state index in [9.17, 15) is 18.5 Å². The number of sulfone groups is 1. The van der Waals surface area contributed by atoms with Gasteiger partial charge in [-0.3, -0.25) is 10.1 Å². The molecule has 0 aliphatic heterocycles. The van der Waals surface area contributed by atoms with Gasteiger partial charge in [-0.05, 0) is 12.5 Å². The minimum atomic E-state index is -3.47. The lowest BCUT2D eigenvalue weighted by atomic mass is 10.3. The van der Waals surface area contributed by atoms with Gasteiger partial charge in [-0.25, -0.2) is 8.42 Å². The van der Waals surface area contributed by atoms with Gasteiger partial charge < -0.3 is 0 Å². The van der Waals surface area contributed by atoms with Gasteiger partial charge in [0.2, 0.25) is 0 Å². The molecule has 0 heterocycles. The number of hydrogen-bond donors (Lipinski definition) is 0. The van der Waals surface area contributed by atoms with Crippen LogP contribution in [-0.4, -0.2) is 25.0 Å². The molecular weight excluding hydrogens is 254 g/mol. The lowest BCUT2D eigenvalue weighted by Crippen LogP contribution is -2.07. The first-order valence-corrected chi connectivity index (χ1v) is 6.69. The van der Waals surface area contributed by atoms with Crippen LogP contribution in [0, 0.1) is 10.1 Å². The first kappa shape index (κ1) is 12.9. The van der Waals surface area contributed by atoms with E-state index in [1.807, 2.05) is 0 Å². The summed E-state index contributed by atoms with van der Waals surface area (Å²) < 4.78 is 23.4. The van der Waals surface area contributed by atoms with Crippen molar-refractivity contribution in [2.45, 2.75) is 11.3 Å². The van der Waals surface area contributed by atoms with Crippen molar-refractivity contribution in [1.29, 1.82) is 0 Å². The molecule has 5 nitrogen and oxygen atoms in total. The SMILES string of the molecule is O=[N+]([O-])c1cccc(S(=O)(=O)CCCCl)c1. The van der Waals surface area contributed by atoms with Crippen molar-refractivity contribution < 1.29 is 13.3 Å². The normalized spacial score (nSPS) is 11.3. The molecule has 0 bridgehead atoms. The van der Waals surface area contributed by atoms with Crippen molar-refractivity contribution in [2.75, 3.05) is 11.6 Å². The van der Waals surface area contributed by atoms with Crippen LogP contribution in [0.25, 0.3) is 0 Å². The third-order valence-corrected chi connectivity index (χ3v) is 4.00. The molecule has 0 saturated carbocycles. The molecule has 0 N–H and O–H groups in total. The van der Waals surface area contributed by atoms with E-state index in [0.717, 1.165) is 6.07 Å². The fourth-order valence-electron chi connectivity index (χ4n) is 1.15. The molecule has 1 aromatic rings. The second-order valence-corrected chi connectivity index (χ2v) is 5.60. The minimum Gasteiger partial charge on any atom is -0.258 e. The van der Waals surface area contributed by atoms with Gasteiger partial charge in [-0.15, -0.1) is 11.6 Å². The topological polar surface area (TPSA) is 77.3 Å². The minimum absolute atomic E-state index is 0.0354. The van der Waals surface area contributed by atoms with Crippen molar-refractivity contribution in [3.05, 3.63) is 34.4 Å². The van der Waals surface area contributed by atoms with Gasteiger partial charge in [0.1, 0.15) is 0 Å². The molecule has 88 valence electrons. The predicted molar refractivity (Wildman–Crippen MR) is 60.5 cm³/mol. The molecule has 0 atom stereocenters. The number of nitro benzene ring substituents is 1. The standard InChI is InChI=1S/C9H10ClNO4S/c10-5-2-6-16(14,15)9-4-1-3-8(7-9)11(12)13/h1,3-4,7H,2,5-6H2. The zero-order valence-electron chi connectivity index (χ0n) is 8.30. The lowest BCUT2D eigenvalue weighted by molar-refractivity contribution is -0.385. The molecule has 0 aliphatic rings. The van der Waals surface area contributed by atoms with Crippen LogP contribution in [0.1, 0.15) is 6.42 Å². The Morgan fingerprint density at radius 1 is 1.38 bits per heavy atom. The second kappa shape index (κ2) is 5.27. The fourth-order valence-corrected chi connectivity index (χ4v) is 2.79. The Morgan fingerprint density at radius 2 is 2.06 bits per heavy atom. The third-order valence-electron chi connectivity index (χ3n) is 1.93. The third kappa shape index (κ3) is 3.18. The molecule has 0 amide bonds. The molecule has 0 spiro atoms. The maximum atomic E-state index is 11.7. The van der Waals surface area contributed by atoms with Crippen LogP contribution in [-0.2, 0) is 9.84 Å². The average Bonchev–Trinajstić information content (AvgIpc) is 2.26. The molecule has 0 aliphatic carbocycles. The summed E-state index contributed by atoms with van der Waals surface area (Å²) in [5, 5.41) is 10.5. The smallest absolute Gasteiger partial charge is 0.258 e. The van der Waals surface area contributed by atoms with Crippen molar-refractivity contribution in [2.24, 2.45) is 0 Å². The Kier molecular flexibility index (Phi) is 4.26. The number of rotatable bonds is 5. The van der Waals surface area contributed by atoms with E-state index >= 15 is 0 Å². The van der Waals surface area contributed by atoms with Crippen LogP contribution in [0.5, 0.6) is 0 Å². The van der Waals surface area contributed by atoms with E-state index in [1.54, 1.807) is 0 Å². The summed E-state index contributed by atoms with van der Waals surface area (Å²) in [6, 6.07) is 5.01. The van der Waals surface area contributed by atoms with Gasteiger partial charge in [0, 0.05) is 18.0 Å². The van der Waals surface area contributed by atoms with E-state index in [0.29, 0.717) is 6.42 Å². The van der Waals surface area contributed by atoms with E-state index in [1.165, 1.54) is 18.2 Å². The van der Waals surface area contributed by atoms with Gasteiger partial charge in [0.15, 0.2) is 9.84 Å². The Bertz CT molecular complexity index is 486. The van der Waals surface area contributed by atoms with Crippen LogP contribution in [0.3, 0.4) is 0 Å². The van der Waals surface area contributed by atoms with Crippen molar-refractivity contribution in [1.82, 2.24) is 0 Å². The summed E-state index contributed by atoms with van der Waals surface area (Å²) in [5.41, 5.74) is -0.230. The summed E-state index contributed by atoms with van der Waals surface area (Å²) in [6.45, 7) is 0. The first-order chi connectivity index (χ1) is 7.47. The Balaban J connectivity index is 3.04. The van der Waals surface area contributed by atoms with Gasteiger partial charge in [0.05, 0.1) is 15.6 Å². The molecule has 0 aromatic heterocycles. The summed E-state index contributed by atoms with van der Waals surface area (Å²) >= 11 is 5.40. The quantitative estimate of drug-likeness (QED) is 0.462. The molecule has 0 radical (unpaired) electrons. The highest BCUT2D eigenvalue weighted by molar-refractivity contribution is 7.91. The van der Waals surface area contributed by atoms with Gasteiger partial charge in [-0.2, -0.15) is 0 Å². The van der Waals surface area contributed by atoms with E-state index in [2.05, 4.69) is 0 Å². The second-order valence-electron chi connectivity index (χ2n) is 3.12. The van der Waals surface area contributed by atoms with E-state index in [-0.39, 0.29) is 22.2 Å². The molecule has 16 heavy (non-hydrogen) atoms. The average molecular weight is 264 g/mol. The molecule has 0 fully saturated rings. The Hall–Kier alpha value is -1.14. The number of alkyl halides is 1. The predicted octanol–water partition coefficient (Wildman–Crippen LogP) is 2.00. The number of hydrogen-bond acceptors (Lipinski definition) is 4. The maximum absolute atomic E-state index is 11.7. The fraction of sp³-hybridized carbons (Fsp3) is 0.333. The number of halogens is 1. The zero-order chi connectivity index (χ0) is 12.2. The molecule has 1 aromatic carbocycles. The molecule has 0 unspecified atom stereocenters. The highest BCUT2D eigenvalue weighted by Crippen LogP contribution is 2.18. The van der Waals surface area contributed by atoms with Gasteiger partial charge in [-0.1, -0.05) is 6.07 Å². The molecular formula is C9H10ClNO4S. The van der Waals surface area contributed by atoms with Crippen LogP contribution >= 0.6 is 11.6 Å². The number of nitro groups is 1. The monoisotopic (exact) mass is 263 g/mol. The number of non-ortho nitro benzene ring substituents is 1. The maximum Gasteiger partial charge on any atom is 0.270 e. The first-order valence-electron chi connectivity index (χ1n) is 4.50. The van der Waals surface area contributed by atoms with Crippen LogP contribution in [0.4, 0.5) is 5.69 Å². The largest absolute Gasteiger partial charge is 0.270 e. The van der Waals surface area contributed by atoms with E-state index in [4.69, 9.17) is 11.6 Å². The van der Waals surface area contributed by atoms with Crippen LogP contribution < -0.4 is 0 Å². The molecule has 0 saturated heterocycles. The Morgan fingerprint density at radius 3 is 2.62 bits per heavy atom. The van der Waals surface area contributed by atoms with Crippen LogP contribution in [0.2, 0.25) is 0 Å².